The largest absolute Gasteiger partial charge is 0.436 e. The summed E-state index contributed by atoms with van der Waals surface area (Å²) in [6.07, 6.45) is 3.10. The van der Waals surface area contributed by atoms with E-state index in [1.807, 2.05) is 18.3 Å². The van der Waals surface area contributed by atoms with Gasteiger partial charge in [-0.15, -0.1) is 0 Å². The summed E-state index contributed by atoms with van der Waals surface area (Å²) in [4.78, 5) is 20.0. The zero-order chi connectivity index (χ0) is 22.9. The molecule has 0 bridgehead atoms. The molecule has 170 valence electrons. The van der Waals surface area contributed by atoms with Crippen LogP contribution in [0.2, 0.25) is 0 Å². The van der Waals surface area contributed by atoms with Gasteiger partial charge in [-0.25, -0.2) is 23.7 Å². The number of piperazine rings is 1. The molecule has 1 aromatic carbocycles. The number of hydrogen-bond donors (Lipinski definition) is 2. The minimum atomic E-state index is -0.662. The van der Waals surface area contributed by atoms with Gasteiger partial charge in [0.2, 0.25) is 5.88 Å². The number of likely N-dealkylation sites (N-methyl/N-ethyl adjacent to an activating group) is 1. The fraction of sp³-hybridized carbons (Fsp3) is 0.261. The van der Waals surface area contributed by atoms with E-state index in [4.69, 9.17) is 4.74 Å². The lowest BCUT2D eigenvalue weighted by molar-refractivity contribution is 0.313. The average molecular weight is 451 g/mol. The SMILES string of the molecule is Cc1cc2c(F)c(Oc3cc(Nc4ccc(N5CCN(C)CC5)cn4)ncn3)cc(F)c2[nH]1. The molecule has 0 saturated carbocycles. The van der Waals surface area contributed by atoms with E-state index < -0.39 is 11.6 Å². The molecule has 0 atom stereocenters. The van der Waals surface area contributed by atoms with E-state index in [0.29, 0.717) is 17.3 Å². The lowest BCUT2D eigenvalue weighted by atomic mass is 10.2. The number of nitrogens with one attached hydrogen (secondary N) is 2. The molecule has 0 amide bonds. The van der Waals surface area contributed by atoms with Crippen molar-refractivity contribution in [2.45, 2.75) is 6.92 Å². The Balaban J connectivity index is 1.31. The summed E-state index contributed by atoms with van der Waals surface area (Å²) < 4.78 is 34.7. The molecule has 8 nitrogen and oxygen atoms in total. The van der Waals surface area contributed by atoms with E-state index in [1.54, 1.807) is 6.92 Å². The molecule has 4 heterocycles. The maximum absolute atomic E-state index is 14.8. The van der Waals surface area contributed by atoms with Crippen LogP contribution >= 0.6 is 0 Å². The summed E-state index contributed by atoms with van der Waals surface area (Å²) >= 11 is 0. The number of ether oxygens (including phenoxy) is 1. The Morgan fingerprint density at radius 2 is 1.82 bits per heavy atom. The Hall–Kier alpha value is -3.79. The van der Waals surface area contributed by atoms with Crippen LogP contribution in [0.4, 0.5) is 26.1 Å². The molecule has 1 aliphatic heterocycles. The molecule has 5 rings (SSSR count). The Labute approximate surface area is 189 Å². The second-order valence-electron chi connectivity index (χ2n) is 8.07. The van der Waals surface area contributed by atoms with Crippen molar-refractivity contribution in [2.75, 3.05) is 43.4 Å². The third-order valence-corrected chi connectivity index (χ3v) is 5.63. The van der Waals surface area contributed by atoms with Crippen LogP contribution in [0.15, 0.2) is 42.9 Å². The highest BCUT2D eigenvalue weighted by Gasteiger charge is 2.17. The van der Waals surface area contributed by atoms with Crippen LogP contribution in [0.25, 0.3) is 10.9 Å². The molecule has 3 aromatic heterocycles. The number of benzene rings is 1. The van der Waals surface area contributed by atoms with E-state index in [0.717, 1.165) is 37.9 Å². The number of hydrogen-bond acceptors (Lipinski definition) is 7. The first-order chi connectivity index (χ1) is 16.0. The number of rotatable bonds is 5. The van der Waals surface area contributed by atoms with E-state index >= 15 is 0 Å². The van der Waals surface area contributed by atoms with Crippen molar-refractivity contribution in [2.24, 2.45) is 0 Å². The number of aromatic amines is 1. The van der Waals surface area contributed by atoms with Gasteiger partial charge in [-0.1, -0.05) is 0 Å². The number of aryl methyl sites for hydroxylation is 1. The minimum absolute atomic E-state index is 0.0754. The first kappa shape index (κ1) is 21.1. The lowest BCUT2D eigenvalue weighted by Crippen LogP contribution is -2.44. The molecule has 0 unspecified atom stereocenters. The third kappa shape index (κ3) is 4.42. The van der Waals surface area contributed by atoms with Crippen LogP contribution in [0.5, 0.6) is 11.6 Å². The van der Waals surface area contributed by atoms with Crippen LogP contribution in [0.3, 0.4) is 0 Å². The van der Waals surface area contributed by atoms with Gasteiger partial charge in [0.25, 0.3) is 0 Å². The van der Waals surface area contributed by atoms with Crippen LogP contribution in [0, 0.1) is 18.6 Å². The Bertz CT molecular complexity index is 1280. The van der Waals surface area contributed by atoms with Gasteiger partial charge in [0.05, 0.1) is 17.4 Å². The van der Waals surface area contributed by atoms with Crippen molar-refractivity contribution in [1.82, 2.24) is 24.8 Å². The fourth-order valence-electron chi connectivity index (χ4n) is 3.83. The normalized spacial score (nSPS) is 14.6. The van der Waals surface area contributed by atoms with Gasteiger partial charge >= 0.3 is 0 Å². The summed E-state index contributed by atoms with van der Waals surface area (Å²) in [7, 11) is 2.12. The predicted octanol–water partition coefficient (Wildman–Crippen LogP) is 4.23. The Kier molecular flexibility index (Phi) is 5.51. The van der Waals surface area contributed by atoms with Crippen molar-refractivity contribution in [1.29, 1.82) is 0 Å². The minimum Gasteiger partial charge on any atom is -0.436 e. The van der Waals surface area contributed by atoms with E-state index in [1.165, 1.54) is 18.5 Å². The molecular formula is C23H23F2N7O. The van der Waals surface area contributed by atoms with Gasteiger partial charge in [-0.3, -0.25) is 0 Å². The molecule has 0 aliphatic carbocycles. The van der Waals surface area contributed by atoms with E-state index in [-0.39, 0.29) is 22.5 Å². The highest BCUT2D eigenvalue weighted by atomic mass is 19.1. The van der Waals surface area contributed by atoms with Crippen molar-refractivity contribution in [3.63, 3.8) is 0 Å². The zero-order valence-corrected chi connectivity index (χ0v) is 18.3. The van der Waals surface area contributed by atoms with Gasteiger partial charge in [-0.05, 0) is 32.2 Å². The standard InChI is InChI=1S/C23H23F2N7O/c1-14-9-16-22(25)18(10-17(24)23(16)29-14)33-21-11-20(27-13-28-21)30-19-4-3-15(12-26-19)32-7-5-31(2)6-8-32/h3-4,9-13,29H,5-8H2,1-2H3,(H,26,27,28,30). The Morgan fingerprint density at radius 1 is 1.00 bits per heavy atom. The fourth-order valence-corrected chi connectivity index (χ4v) is 3.83. The summed E-state index contributed by atoms with van der Waals surface area (Å²) in [5.41, 5.74) is 1.82. The molecule has 10 heteroatoms. The van der Waals surface area contributed by atoms with Gasteiger partial charge in [-0.2, -0.15) is 0 Å². The molecule has 1 aliphatic rings. The van der Waals surface area contributed by atoms with Crippen molar-refractivity contribution >= 4 is 28.2 Å². The molecule has 2 N–H and O–H groups in total. The molecule has 0 radical (unpaired) electrons. The second-order valence-corrected chi connectivity index (χ2v) is 8.07. The zero-order valence-electron chi connectivity index (χ0n) is 18.3. The highest BCUT2D eigenvalue weighted by Crippen LogP contribution is 2.32. The molecule has 33 heavy (non-hydrogen) atoms. The topological polar surface area (TPSA) is 82.2 Å². The average Bonchev–Trinajstić information content (AvgIpc) is 3.21. The van der Waals surface area contributed by atoms with Crippen LogP contribution in [0.1, 0.15) is 5.69 Å². The summed E-state index contributed by atoms with van der Waals surface area (Å²) in [6.45, 7) is 5.69. The third-order valence-electron chi connectivity index (χ3n) is 5.63. The number of anilines is 3. The van der Waals surface area contributed by atoms with Gasteiger partial charge in [0, 0.05) is 49.4 Å². The first-order valence-electron chi connectivity index (χ1n) is 10.6. The van der Waals surface area contributed by atoms with Crippen molar-refractivity contribution in [3.05, 3.63) is 60.2 Å². The number of nitrogens with zero attached hydrogens (tertiary/aromatic N) is 5. The first-order valence-corrected chi connectivity index (χ1v) is 10.6. The molecule has 4 aromatic rings. The van der Waals surface area contributed by atoms with Gasteiger partial charge in [0.15, 0.2) is 17.4 Å². The summed E-state index contributed by atoms with van der Waals surface area (Å²) in [5.74, 6) is -0.431. The van der Waals surface area contributed by atoms with Gasteiger partial charge < -0.3 is 24.8 Å². The summed E-state index contributed by atoms with van der Waals surface area (Å²) in [6, 6.07) is 7.91. The molecule has 1 saturated heterocycles. The number of H-pyrrole nitrogens is 1. The Morgan fingerprint density at radius 3 is 2.58 bits per heavy atom. The number of aromatic nitrogens is 4. The van der Waals surface area contributed by atoms with Crippen LogP contribution in [-0.2, 0) is 0 Å². The smallest absolute Gasteiger partial charge is 0.224 e. The van der Waals surface area contributed by atoms with Crippen LogP contribution in [-0.4, -0.2) is 58.1 Å². The maximum atomic E-state index is 14.8. The number of fused-ring (bicyclic) bond motifs is 1. The van der Waals surface area contributed by atoms with Gasteiger partial charge in [0.1, 0.15) is 18.0 Å². The van der Waals surface area contributed by atoms with Crippen LogP contribution < -0.4 is 15.0 Å². The van der Waals surface area contributed by atoms with E-state index in [2.05, 4.69) is 42.1 Å². The molecule has 0 spiro atoms. The predicted molar refractivity (Wildman–Crippen MR) is 122 cm³/mol. The van der Waals surface area contributed by atoms with Crippen molar-refractivity contribution < 1.29 is 13.5 Å². The summed E-state index contributed by atoms with van der Waals surface area (Å²) in [5, 5.41) is 3.21. The molecular weight excluding hydrogens is 428 g/mol. The highest BCUT2D eigenvalue weighted by molar-refractivity contribution is 5.83. The van der Waals surface area contributed by atoms with E-state index in [9.17, 15) is 8.78 Å². The van der Waals surface area contributed by atoms with Crippen molar-refractivity contribution in [3.8, 4) is 11.6 Å². The molecule has 1 fully saturated rings. The lowest BCUT2D eigenvalue weighted by Gasteiger charge is -2.33. The quantitative estimate of drug-likeness (QED) is 0.470. The maximum Gasteiger partial charge on any atom is 0.224 e. The number of pyridine rings is 1. The second kappa shape index (κ2) is 8.62. The monoisotopic (exact) mass is 451 g/mol. The number of halogens is 2.